The maximum absolute atomic E-state index is 13.1. The lowest BCUT2D eigenvalue weighted by Gasteiger charge is -2.56. The number of hydrogen-bond acceptors (Lipinski definition) is 4. The molecule has 1 aromatic rings. The van der Waals surface area contributed by atoms with Gasteiger partial charge in [-0.1, -0.05) is 0 Å². The van der Waals surface area contributed by atoms with Gasteiger partial charge in [0.2, 0.25) is 5.91 Å². The van der Waals surface area contributed by atoms with Gasteiger partial charge in [0, 0.05) is 43.8 Å². The van der Waals surface area contributed by atoms with Crippen molar-refractivity contribution in [1.82, 2.24) is 9.88 Å². The van der Waals surface area contributed by atoms with Gasteiger partial charge in [-0.3, -0.25) is 9.78 Å². The molecule has 24 heavy (non-hydrogen) atoms. The molecule has 1 spiro atoms. The molecule has 2 unspecified atom stereocenters. The molecule has 1 saturated carbocycles. The first-order valence-corrected chi connectivity index (χ1v) is 8.42. The summed E-state index contributed by atoms with van der Waals surface area (Å²) in [5.41, 5.74) is 0.367. The number of ether oxygens (including phenoxy) is 1. The molecule has 3 rings (SSSR count). The summed E-state index contributed by atoms with van der Waals surface area (Å²) in [6.45, 7) is 3.81. The number of nitrogens with zero attached hydrogens (tertiary/aromatic N) is 2. The van der Waals surface area contributed by atoms with Gasteiger partial charge >= 0.3 is 0 Å². The second-order valence-corrected chi connectivity index (χ2v) is 6.52. The monoisotopic (exact) mass is 334 g/mol. The number of aromatic nitrogens is 1. The van der Waals surface area contributed by atoms with Gasteiger partial charge in [0.25, 0.3) is 0 Å². The van der Waals surface area contributed by atoms with E-state index >= 15 is 0 Å². The Kier molecular flexibility index (Phi) is 4.96. The Morgan fingerprint density at radius 3 is 2.88 bits per heavy atom. The molecule has 1 N–H and O–H groups in total. The highest BCUT2D eigenvalue weighted by Crippen LogP contribution is 2.50. The number of carbonyl (C=O) groups is 1. The van der Waals surface area contributed by atoms with Crippen molar-refractivity contribution in [2.75, 3.05) is 19.7 Å². The summed E-state index contributed by atoms with van der Waals surface area (Å²) in [5, 5.41) is 10.2. The Bertz CT molecular complexity index is 624. The fraction of sp³-hybridized carbons (Fsp3) is 0.556. The molecule has 1 aromatic heterocycles. The third kappa shape index (κ3) is 3.21. The second kappa shape index (κ2) is 6.99. The summed E-state index contributed by atoms with van der Waals surface area (Å²) < 4.78 is 18.8. The van der Waals surface area contributed by atoms with Gasteiger partial charge in [-0.2, -0.15) is 0 Å². The van der Waals surface area contributed by atoms with Crippen molar-refractivity contribution >= 4 is 12.0 Å². The van der Waals surface area contributed by atoms with E-state index in [9.17, 15) is 14.3 Å². The third-order valence-corrected chi connectivity index (χ3v) is 5.26. The standard InChI is InChI=1S/C18H23FN2O3/c1-2-24-16-10-15(22)18(16)5-7-21(8-6-18)17(23)4-3-13-9-14(19)12-20-11-13/h3-4,9,11-12,15-16,22H,2,5-8,10H2,1H3/b4-3+. The summed E-state index contributed by atoms with van der Waals surface area (Å²) in [7, 11) is 0. The van der Waals surface area contributed by atoms with Gasteiger partial charge in [-0.15, -0.1) is 0 Å². The SMILES string of the molecule is CCOC1CC(O)C12CCN(C(=O)/C=C/c1cncc(F)c1)CC2. The highest BCUT2D eigenvalue weighted by molar-refractivity contribution is 5.91. The van der Waals surface area contributed by atoms with Crippen molar-refractivity contribution in [1.29, 1.82) is 0 Å². The Morgan fingerprint density at radius 2 is 2.25 bits per heavy atom. The van der Waals surface area contributed by atoms with Crippen LogP contribution in [0.3, 0.4) is 0 Å². The van der Waals surface area contributed by atoms with E-state index in [2.05, 4.69) is 4.98 Å². The Balaban J connectivity index is 1.57. The molecule has 1 aliphatic heterocycles. The zero-order valence-electron chi connectivity index (χ0n) is 13.8. The molecule has 0 radical (unpaired) electrons. The number of aliphatic hydroxyl groups excluding tert-OH is 1. The van der Waals surface area contributed by atoms with Gasteiger partial charge in [-0.25, -0.2) is 4.39 Å². The molecule has 0 aromatic carbocycles. The quantitative estimate of drug-likeness (QED) is 0.856. The zero-order valence-corrected chi connectivity index (χ0v) is 13.8. The molecule has 0 bridgehead atoms. The van der Waals surface area contributed by atoms with E-state index in [4.69, 9.17) is 4.74 Å². The number of pyridine rings is 1. The van der Waals surface area contributed by atoms with E-state index in [-0.39, 0.29) is 23.5 Å². The average molecular weight is 334 g/mol. The summed E-state index contributed by atoms with van der Waals surface area (Å²) in [6, 6.07) is 1.33. The number of amides is 1. The molecule has 1 amide bonds. The van der Waals surface area contributed by atoms with Crippen LogP contribution in [0.2, 0.25) is 0 Å². The Labute approximate surface area is 141 Å². The number of carbonyl (C=O) groups excluding carboxylic acids is 1. The van der Waals surface area contributed by atoms with E-state index in [1.807, 2.05) is 6.92 Å². The molecule has 1 saturated heterocycles. The van der Waals surface area contributed by atoms with Crippen LogP contribution in [0.5, 0.6) is 0 Å². The van der Waals surface area contributed by atoms with Gasteiger partial charge < -0.3 is 14.7 Å². The van der Waals surface area contributed by atoms with Crippen molar-refractivity contribution in [3.05, 3.63) is 35.9 Å². The van der Waals surface area contributed by atoms with Crippen LogP contribution < -0.4 is 0 Å². The highest BCUT2D eigenvalue weighted by atomic mass is 19.1. The zero-order chi connectivity index (χ0) is 17.2. The smallest absolute Gasteiger partial charge is 0.246 e. The fourth-order valence-electron chi connectivity index (χ4n) is 3.75. The molecular weight excluding hydrogens is 311 g/mol. The molecule has 5 nitrogen and oxygen atoms in total. The number of hydrogen-bond donors (Lipinski definition) is 1. The predicted octanol–water partition coefficient (Wildman–Crippen LogP) is 2.01. The van der Waals surface area contributed by atoms with Crippen LogP contribution in [-0.2, 0) is 9.53 Å². The molecule has 130 valence electrons. The second-order valence-electron chi connectivity index (χ2n) is 6.52. The molecule has 2 atom stereocenters. The normalized spacial score (nSPS) is 25.9. The van der Waals surface area contributed by atoms with Crippen molar-refractivity contribution in [3.8, 4) is 0 Å². The number of halogens is 1. The molecule has 6 heteroatoms. The Morgan fingerprint density at radius 1 is 1.50 bits per heavy atom. The Hall–Kier alpha value is -1.79. The summed E-state index contributed by atoms with van der Waals surface area (Å²) in [4.78, 5) is 17.8. The molecule has 2 aliphatic rings. The lowest BCUT2D eigenvalue weighted by molar-refractivity contribution is -0.209. The minimum Gasteiger partial charge on any atom is -0.392 e. The molecular formula is C18H23FN2O3. The molecule has 1 aliphatic carbocycles. The van der Waals surface area contributed by atoms with Crippen LogP contribution in [0, 0.1) is 11.2 Å². The summed E-state index contributed by atoms with van der Waals surface area (Å²) >= 11 is 0. The maximum Gasteiger partial charge on any atom is 0.246 e. The van der Waals surface area contributed by atoms with Gasteiger partial charge in [-0.05, 0) is 37.5 Å². The predicted molar refractivity (Wildman–Crippen MR) is 87.5 cm³/mol. The van der Waals surface area contributed by atoms with E-state index in [1.165, 1.54) is 18.3 Å². The summed E-state index contributed by atoms with van der Waals surface area (Å²) in [6.07, 6.45) is 7.62. The van der Waals surface area contributed by atoms with Crippen LogP contribution in [0.1, 0.15) is 31.7 Å². The van der Waals surface area contributed by atoms with Crippen molar-refractivity contribution < 1.29 is 19.0 Å². The summed E-state index contributed by atoms with van der Waals surface area (Å²) in [5.74, 6) is -0.527. The van der Waals surface area contributed by atoms with Crippen molar-refractivity contribution in [3.63, 3.8) is 0 Å². The van der Waals surface area contributed by atoms with Gasteiger partial charge in [0.15, 0.2) is 0 Å². The van der Waals surface area contributed by atoms with Crippen LogP contribution >= 0.6 is 0 Å². The first-order chi connectivity index (χ1) is 11.5. The number of rotatable bonds is 4. The first-order valence-electron chi connectivity index (χ1n) is 8.42. The van der Waals surface area contributed by atoms with Gasteiger partial charge in [0.05, 0.1) is 18.4 Å². The highest BCUT2D eigenvalue weighted by Gasteiger charge is 2.56. The van der Waals surface area contributed by atoms with E-state index < -0.39 is 5.82 Å². The number of piperidine rings is 1. The third-order valence-electron chi connectivity index (χ3n) is 5.26. The minimum absolute atomic E-state index is 0.101. The minimum atomic E-state index is -0.426. The largest absolute Gasteiger partial charge is 0.392 e. The topological polar surface area (TPSA) is 62.7 Å². The van der Waals surface area contributed by atoms with Crippen LogP contribution in [-0.4, -0.2) is 52.8 Å². The fourth-order valence-corrected chi connectivity index (χ4v) is 3.75. The van der Waals surface area contributed by atoms with Crippen molar-refractivity contribution in [2.45, 2.75) is 38.4 Å². The van der Waals surface area contributed by atoms with Crippen LogP contribution in [0.4, 0.5) is 4.39 Å². The lowest BCUT2D eigenvalue weighted by Crippen LogP contribution is -2.62. The van der Waals surface area contributed by atoms with Gasteiger partial charge in [0.1, 0.15) is 5.82 Å². The number of likely N-dealkylation sites (tertiary alicyclic amines) is 1. The average Bonchev–Trinajstić information content (AvgIpc) is 2.60. The molecule has 2 heterocycles. The van der Waals surface area contributed by atoms with E-state index in [0.717, 1.165) is 19.0 Å². The lowest BCUT2D eigenvalue weighted by atomic mass is 9.58. The maximum atomic E-state index is 13.1. The van der Waals surface area contributed by atoms with Crippen LogP contribution in [0.15, 0.2) is 24.5 Å². The van der Waals surface area contributed by atoms with Crippen molar-refractivity contribution in [2.24, 2.45) is 5.41 Å². The van der Waals surface area contributed by atoms with Crippen LogP contribution in [0.25, 0.3) is 6.08 Å². The van der Waals surface area contributed by atoms with E-state index in [1.54, 1.807) is 11.0 Å². The van der Waals surface area contributed by atoms with E-state index in [0.29, 0.717) is 31.7 Å². The molecule has 2 fully saturated rings. The first kappa shape index (κ1) is 17.0. The number of aliphatic hydroxyl groups is 1.